The Morgan fingerprint density at radius 1 is 1.10 bits per heavy atom. The first-order chi connectivity index (χ1) is 14.5. The second-order valence-corrected chi connectivity index (χ2v) is 10.4. The second kappa shape index (κ2) is 8.88. The van der Waals surface area contributed by atoms with Crippen molar-refractivity contribution < 1.29 is 14.6 Å². The summed E-state index contributed by atoms with van der Waals surface area (Å²) >= 11 is 0. The van der Waals surface area contributed by atoms with Crippen molar-refractivity contribution in [2.75, 3.05) is 6.54 Å². The normalized spacial score (nSPS) is 18.4. The number of nitrogens with one attached hydrogen (secondary N) is 1. The summed E-state index contributed by atoms with van der Waals surface area (Å²) < 4.78 is 5.45. The Morgan fingerprint density at radius 3 is 2.39 bits per heavy atom. The number of phenolic OH excluding ortho intramolecular Hbond substituents is 1. The number of hydrogen-bond acceptors (Lipinski definition) is 4. The first kappa shape index (κ1) is 23.1. The molecule has 0 bridgehead atoms. The molecule has 1 aliphatic heterocycles. The van der Waals surface area contributed by atoms with Gasteiger partial charge >= 0.3 is 5.97 Å². The second-order valence-electron chi connectivity index (χ2n) is 10.4. The van der Waals surface area contributed by atoms with E-state index in [2.05, 4.69) is 59.0 Å². The summed E-state index contributed by atoms with van der Waals surface area (Å²) in [5, 5.41) is 14.7. The van der Waals surface area contributed by atoms with Gasteiger partial charge in [0.1, 0.15) is 12.4 Å². The van der Waals surface area contributed by atoms with Gasteiger partial charge in [0.05, 0.1) is 6.04 Å². The number of esters is 1. The predicted octanol–water partition coefficient (Wildman–Crippen LogP) is 5.69. The van der Waals surface area contributed by atoms with E-state index in [1.54, 1.807) is 6.08 Å². The minimum absolute atomic E-state index is 0.0560. The first-order valence-corrected chi connectivity index (χ1v) is 11.0. The molecule has 1 saturated heterocycles. The highest BCUT2D eigenvalue weighted by atomic mass is 16.5. The van der Waals surface area contributed by atoms with Crippen molar-refractivity contribution in [3.63, 3.8) is 0 Å². The van der Waals surface area contributed by atoms with Gasteiger partial charge in [0.15, 0.2) is 0 Å². The van der Waals surface area contributed by atoms with Crippen LogP contribution in [0.2, 0.25) is 0 Å². The molecule has 2 aromatic rings. The molecule has 0 aromatic heterocycles. The highest BCUT2D eigenvalue weighted by Crippen LogP contribution is 2.43. The fourth-order valence-corrected chi connectivity index (χ4v) is 3.90. The molecular formula is C27H35NO3. The summed E-state index contributed by atoms with van der Waals surface area (Å²) in [4.78, 5) is 12.5. The van der Waals surface area contributed by atoms with Crippen LogP contribution < -0.4 is 5.32 Å². The lowest BCUT2D eigenvalue weighted by Gasteiger charge is -2.29. The maximum atomic E-state index is 12.5. The molecule has 1 heterocycles. The van der Waals surface area contributed by atoms with Crippen LogP contribution in [-0.2, 0) is 27.0 Å². The summed E-state index contributed by atoms with van der Waals surface area (Å²) in [6, 6.07) is 13.7. The topological polar surface area (TPSA) is 58.6 Å². The molecule has 1 aliphatic rings. The van der Waals surface area contributed by atoms with E-state index < -0.39 is 0 Å². The van der Waals surface area contributed by atoms with Crippen LogP contribution in [0, 0.1) is 0 Å². The smallest absolute Gasteiger partial charge is 0.331 e. The van der Waals surface area contributed by atoms with E-state index in [4.69, 9.17) is 4.74 Å². The minimum atomic E-state index is -0.352. The number of carbonyl (C=O) groups is 1. The number of benzene rings is 2. The Bertz CT molecular complexity index is 962. The summed E-state index contributed by atoms with van der Waals surface area (Å²) in [6.45, 7) is 13.9. The number of ether oxygens (including phenoxy) is 1. The third-order valence-corrected chi connectivity index (χ3v) is 5.78. The number of rotatable bonds is 4. The summed E-state index contributed by atoms with van der Waals surface area (Å²) in [6.07, 6.45) is 2.34. The van der Waals surface area contributed by atoms with Gasteiger partial charge in [-0.05, 0) is 52.1 Å². The Balaban J connectivity index is 1.91. The van der Waals surface area contributed by atoms with Gasteiger partial charge in [-0.3, -0.25) is 0 Å². The molecule has 4 nitrogen and oxygen atoms in total. The van der Waals surface area contributed by atoms with E-state index >= 15 is 0 Å². The van der Waals surface area contributed by atoms with Crippen LogP contribution in [0.3, 0.4) is 0 Å². The molecule has 1 unspecified atom stereocenters. The maximum absolute atomic E-state index is 12.5. The van der Waals surface area contributed by atoms with Gasteiger partial charge < -0.3 is 15.2 Å². The Kier molecular flexibility index (Phi) is 6.61. The number of hydrogen-bond donors (Lipinski definition) is 2. The van der Waals surface area contributed by atoms with Crippen molar-refractivity contribution in [1.29, 1.82) is 0 Å². The van der Waals surface area contributed by atoms with E-state index in [0.717, 1.165) is 35.2 Å². The van der Waals surface area contributed by atoms with Crippen LogP contribution in [0.5, 0.6) is 5.75 Å². The van der Waals surface area contributed by atoms with Crippen LogP contribution in [0.25, 0.3) is 0 Å². The number of carbonyl (C=O) groups excluding carboxylic acids is 1. The Labute approximate surface area is 186 Å². The zero-order chi connectivity index (χ0) is 22.8. The molecule has 0 amide bonds. The van der Waals surface area contributed by atoms with E-state index in [9.17, 15) is 9.90 Å². The van der Waals surface area contributed by atoms with Gasteiger partial charge in [0, 0.05) is 11.6 Å². The molecule has 1 fully saturated rings. The molecule has 0 saturated carbocycles. The average Bonchev–Trinajstić information content (AvgIpc) is 3.13. The average molecular weight is 422 g/mol. The number of aromatic hydroxyl groups is 1. The van der Waals surface area contributed by atoms with Gasteiger partial charge in [-0.25, -0.2) is 4.79 Å². The molecule has 166 valence electrons. The fourth-order valence-electron chi connectivity index (χ4n) is 3.90. The van der Waals surface area contributed by atoms with E-state index in [0.29, 0.717) is 5.75 Å². The lowest BCUT2D eigenvalue weighted by Crippen LogP contribution is -2.21. The lowest BCUT2D eigenvalue weighted by atomic mass is 9.77. The highest BCUT2D eigenvalue weighted by Gasteiger charge is 2.31. The van der Waals surface area contributed by atoms with Gasteiger partial charge in [0.25, 0.3) is 0 Å². The predicted molar refractivity (Wildman–Crippen MR) is 125 cm³/mol. The highest BCUT2D eigenvalue weighted by molar-refractivity contribution is 5.83. The zero-order valence-electron chi connectivity index (χ0n) is 19.6. The minimum Gasteiger partial charge on any atom is -0.507 e. The maximum Gasteiger partial charge on any atom is 0.331 e. The van der Waals surface area contributed by atoms with Gasteiger partial charge in [-0.2, -0.15) is 0 Å². The SMILES string of the molecule is CC(C)(C)c1cc(C2NCC/C2=C\C(=O)OCc2ccccc2)c(O)c(C(C)(C)C)c1. The monoisotopic (exact) mass is 421 g/mol. The lowest BCUT2D eigenvalue weighted by molar-refractivity contribution is -0.139. The molecular weight excluding hydrogens is 386 g/mol. The van der Waals surface area contributed by atoms with Crippen molar-refractivity contribution in [3.8, 4) is 5.75 Å². The van der Waals surface area contributed by atoms with Crippen LogP contribution >= 0.6 is 0 Å². The molecule has 31 heavy (non-hydrogen) atoms. The number of phenols is 1. The van der Waals surface area contributed by atoms with Crippen molar-refractivity contribution in [2.24, 2.45) is 0 Å². The first-order valence-electron chi connectivity index (χ1n) is 11.0. The summed E-state index contributed by atoms with van der Waals surface area (Å²) in [5.74, 6) is -0.0430. The largest absolute Gasteiger partial charge is 0.507 e. The third-order valence-electron chi connectivity index (χ3n) is 5.78. The Morgan fingerprint density at radius 2 is 1.77 bits per heavy atom. The molecule has 0 radical (unpaired) electrons. The van der Waals surface area contributed by atoms with Gasteiger partial charge in [-0.15, -0.1) is 0 Å². The molecule has 4 heteroatoms. The molecule has 0 spiro atoms. The van der Waals surface area contributed by atoms with Crippen molar-refractivity contribution in [3.05, 3.63) is 76.4 Å². The van der Waals surface area contributed by atoms with E-state index in [-0.39, 0.29) is 29.4 Å². The van der Waals surface area contributed by atoms with Crippen molar-refractivity contribution in [1.82, 2.24) is 5.32 Å². The quantitative estimate of drug-likeness (QED) is 0.492. The van der Waals surface area contributed by atoms with Crippen LogP contribution in [0.4, 0.5) is 0 Å². The van der Waals surface area contributed by atoms with Crippen molar-refractivity contribution in [2.45, 2.75) is 71.4 Å². The molecule has 0 aliphatic carbocycles. The van der Waals surface area contributed by atoms with Gasteiger partial charge in [0.2, 0.25) is 0 Å². The van der Waals surface area contributed by atoms with Crippen LogP contribution in [0.15, 0.2) is 54.1 Å². The van der Waals surface area contributed by atoms with Crippen molar-refractivity contribution >= 4 is 5.97 Å². The Hall–Kier alpha value is -2.59. The standard InChI is InChI=1S/C27H35NO3/c1-26(2,3)20-15-21(25(30)22(16-20)27(4,5)6)24-19(12-13-28-24)14-23(29)31-17-18-10-8-7-9-11-18/h7-11,14-16,24,28,30H,12-13,17H2,1-6H3/b19-14+. The molecule has 2 N–H and O–H groups in total. The molecule has 1 atom stereocenters. The summed E-state index contributed by atoms with van der Waals surface area (Å²) in [7, 11) is 0. The van der Waals surface area contributed by atoms with E-state index in [1.807, 2.05) is 30.3 Å². The van der Waals surface area contributed by atoms with Crippen LogP contribution in [-0.4, -0.2) is 17.6 Å². The zero-order valence-corrected chi connectivity index (χ0v) is 19.6. The van der Waals surface area contributed by atoms with E-state index in [1.165, 1.54) is 5.56 Å². The third kappa shape index (κ3) is 5.56. The molecule has 2 aromatic carbocycles. The summed E-state index contributed by atoms with van der Waals surface area (Å²) in [5.41, 5.74) is 4.58. The van der Waals surface area contributed by atoms with Crippen LogP contribution in [0.1, 0.15) is 76.3 Å². The fraction of sp³-hybridized carbons (Fsp3) is 0.444. The van der Waals surface area contributed by atoms with Gasteiger partial charge in [-0.1, -0.05) is 77.9 Å². The molecule has 3 rings (SSSR count).